The number of likely N-dealkylation sites (N-methyl/N-ethyl adjacent to an activating group) is 1. The molecule has 2 aliphatic carbocycles. The Morgan fingerprint density at radius 3 is 2.79 bits per heavy atom. The van der Waals surface area contributed by atoms with Gasteiger partial charge < -0.3 is 9.84 Å². The Labute approximate surface area is 166 Å². The molecule has 0 spiro atoms. The van der Waals surface area contributed by atoms with Crippen molar-refractivity contribution in [2.24, 2.45) is 11.8 Å². The zero-order valence-corrected chi connectivity index (χ0v) is 15.7. The van der Waals surface area contributed by atoms with Crippen LogP contribution < -0.4 is 10.2 Å². The molecule has 7 rings (SSSR count). The SMILES string of the molecule is CN1C(=O)C2(NC(=O)c3cc(Cc4ccccc4)on3)C3C(c4cccnc41)[C@H]32. The summed E-state index contributed by atoms with van der Waals surface area (Å²) in [5, 5.41) is 6.88. The van der Waals surface area contributed by atoms with Crippen LogP contribution in [-0.2, 0) is 11.2 Å². The molecule has 0 saturated heterocycles. The van der Waals surface area contributed by atoms with Gasteiger partial charge in [-0.2, -0.15) is 0 Å². The maximum absolute atomic E-state index is 13.1. The first-order valence-corrected chi connectivity index (χ1v) is 9.66. The van der Waals surface area contributed by atoms with Crippen LogP contribution in [0.5, 0.6) is 0 Å². The molecule has 2 bridgehead atoms. The molecular formula is C22H18N4O3. The maximum atomic E-state index is 13.1. The number of hydrogen-bond acceptors (Lipinski definition) is 5. The van der Waals surface area contributed by atoms with Crippen molar-refractivity contribution >= 4 is 17.6 Å². The van der Waals surface area contributed by atoms with Crippen molar-refractivity contribution in [3.8, 4) is 0 Å². The number of rotatable bonds is 4. The molecule has 2 aliphatic heterocycles. The van der Waals surface area contributed by atoms with E-state index in [1.54, 1.807) is 24.2 Å². The van der Waals surface area contributed by atoms with E-state index in [0.29, 0.717) is 23.9 Å². The third-order valence-corrected chi connectivity index (χ3v) is 6.45. The summed E-state index contributed by atoms with van der Waals surface area (Å²) < 4.78 is 5.34. The Morgan fingerprint density at radius 2 is 2.00 bits per heavy atom. The van der Waals surface area contributed by atoms with Crippen LogP contribution in [0.25, 0.3) is 0 Å². The van der Waals surface area contributed by atoms with Crippen molar-refractivity contribution in [1.82, 2.24) is 15.5 Å². The molecule has 7 heteroatoms. The third kappa shape index (κ3) is 2.18. The van der Waals surface area contributed by atoms with E-state index in [4.69, 9.17) is 4.52 Å². The first-order chi connectivity index (χ1) is 14.1. The number of anilines is 1. The topological polar surface area (TPSA) is 88.3 Å². The average Bonchev–Trinajstić information content (AvgIpc) is 3.60. The normalized spacial score (nSPS) is 28.2. The largest absolute Gasteiger partial charge is 0.360 e. The summed E-state index contributed by atoms with van der Waals surface area (Å²) in [6.45, 7) is 0. The van der Waals surface area contributed by atoms with E-state index in [2.05, 4.69) is 15.5 Å². The molecule has 144 valence electrons. The average molecular weight is 386 g/mol. The standard InChI is InChI=1S/C22H18N4O3/c1-26-19-14(8-5-9-23-19)16-17-18(16)22(17,21(26)28)24-20(27)15-11-13(29-25-15)10-12-6-3-2-4-7-12/h2-9,11,16-18H,10H2,1H3,(H,24,27)/t16?,17-,18?,22?/m1/s1. The fourth-order valence-corrected chi connectivity index (χ4v) is 4.97. The summed E-state index contributed by atoms with van der Waals surface area (Å²) in [5.74, 6) is 1.39. The van der Waals surface area contributed by atoms with Crippen molar-refractivity contribution in [1.29, 1.82) is 0 Å². The first-order valence-electron chi connectivity index (χ1n) is 9.66. The minimum Gasteiger partial charge on any atom is -0.360 e. The minimum atomic E-state index is -0.838. The van der Waals surface area contributed by atoms with Crippen LogP contribution in [0.15, 0.2) is 59.3 Å². The van der Waals surface area contributed by atoms with Crippen LogP contribution in [0.3, 0.4) is 0 Å². The van der Waals surface area contributed by atoms with Crippen LogP contribution in [0, 0.1) is 11.8 Å². The van der Waals surface area contributed by atoms with Gasteiger partial charge in [0.05, 0.1) is 0 Å². The number of hydrogen-bond donors (Lipinski definition) is 1. The Bertz CT molecular complexity index is 1150. The van der Waals surface area contributed by atoms with E-state index in [1.807, 2.05) is 42.5 Å². The van der Waals surface area contributed by atoms with E-state index < -0.39 is 5.54 Å². The molecule has 1 N–H and O–H groups in total. The number of pyridine rings is 1. The second-order valence-electron chi connectivity index (χ2n) is 8.02. The molecule has 29 heavy (non-hydrogen) atoms. The third-order valence-electron chi connectivity index (χ3n) is 6.45. The molecule has 3 aromatic rings. The number of fused-ring (bicyclic) bond motifs is 1. The van der Waals surface area contributed by atoms with Gasteiger partial charge in [0.2, 0.25) is 0 Å². The number of benzene rings is 1. The Morgan fingerprint density at radius 1 is 1.21 bits per heavy atom. The summed E-state index contributed by atoms with van der Waals surface area (Å²) >= 11 is 0. The summed E-state index contributed by atoms with van der Waals surface area (Å²) in [5.41, 5.74) is 1.53. The van der Waals surface area contributed by atoms with Crippen molar-refractivity contribution in [3.63, 3.8) is 0 Å². The van der Waals surface area contributed by atoms with Gasteiger partial charge in [-0.25, -0.2) is 4.98 Å². The van der Waals surface area contributed by atoms with E-state index in [0.717, 1.165) is 11.1 Å². The molecule has 1 aromatic carbocycles. The van der Waals surface area contributed by atoms with Gasteiger partial charge in [0.1, 0.15) is 17.1 Å². The summed E-state index contributed by atoms with van der Waals surface area (Å²) in [7, 11) is 1.72. The van der Waals surface area contributed by atoms with E-state index in [-0.39, 0.29) is 29.3 Å². The number of nitrogens with one attached hydrogen (secondary N) is 1. The molecular weight excluding hydrogens is 368 g/mol. The lowest BCUT2D eigenvalue weighted by Crippen LogP contribution is -2.54. The fraction of sp³-hybridized carbons (Fsp3) is 0.273. The summed E-state index contributed by atoms with van der Waals surface area (Å²) in [6.07, 6.45) is 2.25. The van der Waals surface area contributed by atoms with Gasteiger partial charge in [-0.1, -0.05) is 41.6 Å². The second kappa shape index (κ2) is 5.53. The van der Waals surface area contributed by atoms with Gasteiger partial charge in [-0.15, -0.1) is 0 Å². The molecule has 4 atom stereocenters. The van der Waals surface area contributed by atoms with Crippen molar-refractivity contribution in [2.45, 2.75) is 17.9 Å². The van der Waals surface area contributed by atoms with Crippen molar-refractivity contribution < 1.29 is 14.1 Å². The van der Waals surface area contributed by atoms with Gasteiger partial charge in [0, 0.05) is 37.6 Å². The van der Waals surface area contributed by atoms with Crippen LogP contribution in [0.4, 0.5) is 5.82 Å². The predicted octanol–water partition coefficient (Wildman–Crippen LogP) is 2.15. The van der Waals surface area contributed by atoms with Gasteiger partial charge in [0.25, 0.3) is 11.8 Å². The van der Waals surface area contributed by atoms with E-state index in [1.165, 1.54) is 0 Å². The van der Waals surface area contributed by atoms with Crippen LogP contribution >= 0.6 is 0 Å². The Kier molecular flexibility index (Phi) is 3.14. The number of aromatic nitrogens is 2. The van der Waals surface area contributed by atoms with Gasteiger partial charge in [0.15, 0.2) is 5.69 Å². The maximum Gasteiger partial charge on any atom is 0.274 e. The van der Waals surface area contributed by atoms with Crippen LogP contribution in [0.2, 0.25) is 0 Å². The molecule has 2 saturated carbocycles. The number of carbonyl (C=O) groups is 2. The summed E-state index contributed by atoms with van der Waals surface area (Å²) in [6, 6.07) is 15.4. The van der Waals surface area contributed by atoms with Crippen LogP contribution in [-0.4, -0.2) is 34.5 Å². The second-order valence-corrected chi connectivity index (χ2v) is 8.02. The molecule has 3 unspecified atom stereocenters. The molecule has 2 aromatic heterocycles. The number of amides is 2. The zero-order valence-electron chi connectivity index (χ0n) is 15.7. The van der Waals surface area contributed by atoms with Crippen molar-refractivity contribution in [3.05, 3.63) is 77.3 Å². The number of nitrogens with zero attached hydrogens (tertiary/aromatic N) is 3. The molecule has 2 amide bonds. The van der Waals surface area contributed by atoms with Crippen molar-refractivity contribution in [2.75, 3.05) is 11.9 Å². The zero-order chi connectivity index (χ0) is 19.8. The number of carbonyl (C=O) groups excluding carboxylic acids is 2. The highest BCUT2D eigenvalue weighted by Crippen LogP contribution is 2.82. The van der Waals surface area contributed by atoms with E-state index >= 15 is 0 Å². The molecule has 0 radical (unpaired) electrons. The highest BCUT2D eigenvalue weighted by molar-refractivity contribution is 6.10. The smallest absolute Gasteiger partial charge is 0.274 e. The quantitative estimate of drug-likeness (QED) is 0.742. The van der Waals surface area contributed by atoms with Gasteiger partial charge in [-0.05, 0) is 23.1 Å². The highest BCUT2D eigenvalue weighted by atomic mass is 16.5. The first kappa shape index (κ1) is 16.5. The lowest BCUT2D eigenvalue weighted by Gasteiger charge is -2.25. The van der Waals surface area contributed by atoms with Gasteiger partial charge >= 0.3 is 0 Å². The summed E-state index contributed by atoms with van der Waals surface area (Å²) in [4.78, 5) is 31.9. The lowest BCUT2D eigenvalue weighted by atomic mass is 9.93. The molecule has 4 aliphatic rings. The molecule has 7 nitrogen and oxygen atoms in total. The van der Waals surface area contributed by atoms with E-state index in [9.17, 15) is 9.59 Å². The van der Waals surface area contributed by atoms with Crippen LogP contribution in [0.1, 0.15) is 33.3 Å². The van der Waals surface area contributed by atoms with Gasteiger partial charge in [-0.3, -0.25) is 14.5 Å². The molecule has 2 fully saturated rings. The predicted molar refractivity (Wildman–Crippen MR) is 103 cm³/mol. The molecule has 4 heterocycles. The minimum absolute atomic E-state index is 0.109. The Hall–Kier alpha value is -3.48. The monoisotopic (exact) mass is 386 g/mol. The highest BCUT2D eigenvalue weighted by Gasteiger charge is 2.90. The fourth-order valence-electron chi connectivity index (χ4n) is 4.97. The Balaban J connectivity index is 1.22. The lowest BCUT2D eigenvalue weighted by molar-refractivity contribution is -0.122.